The molecule has 1 aromatic carbocycles. The zero-order valence-corrected chi connectivity index (χ0v) is 16.0. The van der Waals surface area contributed by atoms with Crippen molar-refractivity contribution < 1.29 is 9.59 Å². The largest absolute Gasteiger partial charge is 0.351 e. The number of carbonyl (C=O) groups excluding carboxylic acids is 2. The summed E-state index contributed by atoms with van der Waals surface area (Å²) in [6.45, 7) is 3.60. The first-order valence-electron chi connectivity index (χ1n) is 8.59. The summed E-state index contributed by atoms with van der Waals surface area (Å²) in [5.41, 5.74) is -0.190. The maximum absolute atomic E-state index is 12.8. The number of ketones is 1. The molecule has 0 radical (unpaired) electrons. The van der Waals surface area contributed by atoms with Crippen LogP contribution in [0, 0.1) is 16.9 Å². The molecule has 25 heavy (non-hydrogen) atoms. The van der Waals surface area contributed by atoms with Gasteiger partial charge in [0.2, 0.25) is 5.91 Å². The lowest BCUT2D eigenvalue weighted by Gasteiger charge is -2.28. The van der Waals surface area contributed by atoms with Crippen LogP contribution in [0.3, 0.4) is 0 Å². The summed E-state index contributed by atoms with van der Waals surface area (Å²) in [5, 5.41) is 12.3. The minimum absolute atomic E-state index is 0.00569. The Balaban J connectivity index is 1.63. The third-order valence-corrected chi connectivity index (χ3v) is 5.83. The Morgan fingerprint density at radius 2 is 2.16 bits per heavy atom. The number of nitrogens with zero attached hydrogens (tertiary/aromatic N) is 2. The second-order valence-corrected chi connectivity index (χ2v) is 8.53. The molecule has 0 aliphatic carbocycles. The summed E-state index contributed by atoms with van der Waals surface area (Å²) in [7, 11) is 0. The molecule has 0 aromatic heterocycles. The Kier molecular flexibility index (Phi) is 4.88. The number of hydrogen-bond acceptors (Lipinski definition) is 4. The summed E-state index contributed by atoms with van der Waals surface area (Å²) >= 11 is 3.37. The smallest absolute Gasteiger partial charge is 0.226 e. The third-order valence-electron chi connectivity index (χ3n) is 5.33. The molecule has 6 heteroatoms. The van der Waals surface area contributed by atoms with Crippen LogP contribution < -0.4 is 5.32 Å². The topological polar surface area (TPSA) is 73.2 Å². The quantitative estimate of drug-likeness (QED) is 0.604. The number of carbonyl (C=O) groups is 2. The van der Waals surface area contributed by atoms with Crippen LogP contribution in [0.1, 0.15) is 49.9 Å². The Labute approximate surface area is 156 Å². The van der Waals surface area contributed by atoms with E-state index in [2.05, 4.69) is 27.4 Å². The highest BCUT2D eigenvalue weighted by atomic mass is 79.9. The molecule has 1 N–H and O–H groups in total. The Hall–Kier alpha value is -1.87. The van der Waals surface area contributed by atoms with Crippen LogP contribution in [0.2, 0.25) is 0 Å². The van der Waals surface area contributed by atoms with Gasteiger partial charge in [0.1, 0.15) is 0 Å². The van der Waals surface area contributed by atoms with Gasteiger partial charge in [0.15, 0.2) is 12.0 Å². The zero-order valence-electron chi connectivity index (χ0n) is 14.5. The molecule has 2 saturated heterocycles. The summed E-state index contributed by atoms with van der Waals surface area (Å²) < 4.78 is 0.846. The molecule has 2 aliphatic rings. The molecule has 2 fully saturated rings. The van der Waals surface area contributed by atoms with Gasteiger partial charge in [-0.1, -0.05) is 41.9 Å². The third kappa shape index (κ3) is 3.57. The van der Waals surface area contributed by atoms with E-state index in [4.69, 9.17) is 0 Å². The van der Waals surface area contributed by atoms with Crippen LogP contribution in [-0.2, 0) is 4.79 Å². The van der Waals surface area contributed by atoms with E-state index in [1.807, 2.05) is 17.0 Å². The van der Waals surface area contributed by atoms with E-state index in [0.29, 0.717) is 5.56 Å². The van der Waals surface area contributed by atoms with Crippen LogP contribution in [0.4, 0.5) is 0 Å². The maximum Gasteiger partial charge on any atom is 0.226 e. The number of benzene rings is 1. The first-order valence-corrected chi connectivity index (χ1v) is 9.39. The fourth-order valence-corrected chi connectivity index (χ4v) is 4.31. The van der Waals surface area contributed by atoms with E-state index in [1.165, 1.54) is 0 Å². The second kappa shape index (κ2) is 6.80. The van der Waals surface area contributed by atoms with Crippen LogP contribution in [0.5, 0.6) is 0 Å². The molecule has 3 rings (SSSR count). The van der Waals surface area contributed by atoms with Crippen molar-refractivity contribution in [2.45, 2.75) is 57.7 Å². The monoisotopic (exact) mass is 403 g/mol. The number of rotatable bonds is 5. The van der Waals surface area contributed by atoms with Gasteiger partial charge in [0.25, 0.3) is 0 Å². The minimum atomic E-state index is -0.793. The fraction of sp³-hybridized carbons (Fsp3) is 0.526. The summed E-state index contributed by atoms with van der Waals surface area (Å²) in [6.07, 6.45) is 5.19. The molecule has 1 amide bonds. The Morgan fingerprint density at radius 3 is 2.80 bits per heavy atom. The van der Waals surface area contributed by atoms with Crippen LogP contribution >= 0.6 is 15.9 Å². The Morgan fingerprint density at radius 1 is 1.40 bits per heavy atom. The standard InChI is InChI=1S/C19H22BrN3O2/c1-19(2,10-17(24)12-4-3-5-13(20)8-12)18(25)22-15-9-14-6-7-16(15)23(14)11-21/h3-5,8,14-16H,6-7,9-10H2,1-2H3,(H,22,25). The molecule has 2 heterocycles. The molecule has 2 aliphatic heterocycles. The average molecular weight is 404 g/mol. The average Bonchev–Trinajstić information content (AvgIpc) is 3.10. The number of nitrogens with one attached hydrogen (secondary N) is 1. The van der Waals surface area contributed by atoms with Gasteiger partial charge in [-0.05, 0) is 31.4 Å². The normalized spacial score (nSPS) is 24.9. The highest BCUT2D eigenvalue weighted by Gasteiger charge is 2.47. The predicted molar refractivity (Wildman–Crippen MR) is 97.7 cm³/mol. The second-order valence-electron chi connectivity index (χ2n) is 7.62. The molecule has 0 saturated carbocycles. The number of halogens is 1. The highest BCUT2D eigenvalue weighted by molar-refractivity contribution is 9.10. The van der Waals surface area contributed by atoms with E-state index in [9.17, 15) is 14.9 Å². The van der Waals surface area contributed by atoms with Crippen molar-refractivity contribution in [2.24, 2.45) is 5.41 Å². The van der Waals surface area contributed by atoms with Crippen molar-refractivity contribution in [3.05, 3.63) is 34.3 Å². The van der Waals surface area contributed by atoms with Gasteiger partial charge in [-0.25, -0.2) is 0 Å². The molecule has 5 nitrogen and oxygen atoms in total. The first-order chi connectivity index (χ1) is 11.8. The van der Waals surface area contributed by atoms with Gasteiger partial charge in [-0.2, -0.15) is 5.26 Å². The van der Waals surface area contributed by atoms with E-state index in [-0.39, 0.29) is 36.2 Å². The van der Waals surface area contributed by atoms with Gasteiger partial charge < -0.3 is 10.2 Å². The summed E-state index contributed by atoms with van der Waals surface area (Å²) in [4.78, 5) is 27.1. The lowest BCUT2D eigenvalue weighted by molar-refractivity contribution is -0.130. The minimum Gasteiger partial charge on any atom is -0.351 e. The molecule has 2 bridgehead atoms. The number of hydrogen-bond donors (Lipinski definition) is 1. The molecule has 3 unspecified atom stereocenters. The van der Waals surface area contributed by atoms with Crippen molar-refractivity contribution in [3.63, 3.8) is 0 Å². The van der Waals surface area contributed by atoms with Gasteiger partial charge >= 0.3 is 0 Å². The fourth-order valence-electron chi connectivity index (χ4n) is 3.91. The van der Waals surface area contributed by atoms with E-state index >= 15 is 0 Å². The number of amides is 1. The summed E-state index contributed by atoms with van der Waals surface area (Å²) in [6, 6.07) is 7.59. The van der Waals surface area contributed by atoms with Crippen LogP contribution in [0.15, 0.2) is 28.7 Å². The Bertz CT molecular complexity index is 740. The van der Waals surface area contributed by atoms with Crippen molar-refractivity contribution in [1.82, 2.24) is 10.2 Å². The predicted octanol–water partition coefficient (Wildman–Crippen LogP) is 3.25. The van der Waals surface area contributed by atoms with Crippen molar-refractivity contribution >= 4 is 27.6 Å². The number of nitriles is 1. The lowest BCUT2D eigenvalue weighted by Crippen LogP contribution is -2.48. The highest BCUT2D eigenvalue weighted by Crippen LogP contribution is 2.37. The van der Waals surface area contributed by atoms with Gasteiger partial charge in [0.05, 0.1) is 17.5 Å². The lowest BCUT2D eigenvalue weighted by atomic mass is 9.83. The van der Waals surface area contributed by atoms with Gasteiger partial charge in [0, 0.05) is 22.5 Å². The SMILES string of the molecule is CC(C)(CC(=O)c1cccc(Br)c1)C(=O)NC1CC2CCC1N2C#N. The van der Waals surface area contributed by atoms with E-state index in [0.717, 1.165) is 23.7 Å². The molecule has 132 valence electrons. The zero-order chi connectivity index (χ0) is 18.2. The molecule has 0 spiro atoms. The van der Waals surface area contributed by atoms with Crippen molar-refractivity contribution in [1.29, 1.82) is 5.26 Å². The first kappa shape index (κ1) is 17.9. The molecular weight excluding hydrogens is 382 g/mol. The van der Waals surface area contributed by atoms with Gasteiger partial charge in [-0.3, -0.25) is 9.59 Å². The van der Waals surface area contributed by atoms with Crippen molar-refractivity contribution in [2.75, 3.05) is 0 Å². The van der Waals surface area contributed by atoms with Crippen molar-refractivity contribution in [3.8, 4) is 6.19 Å². The number of fused-ring (bicyclic) bond motifs is 2. The summed E-state index contributed by atoms with van der Waals surface area (Å²) in [5.74, 6) is -0.167. The molecular formula is C19H22BrN3O2. The van der Waals surface area contributed by atoms with Crippen LogP contribution in [-0.4, -0.2) is 34.7 Å². The molecule has 1 aromatic rings. The molecule has 3 atom stereocenters. The number of Topliss-reactive ketones (excluding diaryl/α,β-unsaturated/α-hetero) is 1. The maximum atomic E-state index is 12.8. The van der Waals surface area contributed by atoms with E-state index in [1.54, 1.807) is 26.0 Å². The van der Waals surface area contributed by atoms with Crippen LogP contribution in [0.25, 0.3) is 0 Å². The van der Waals surface area contributed by atoms with E-state index < -0.39 is 5.41 Å². The van der Waals surface area contributed by atoms with Gasteiger partial charge in [-0.15, -0.1) is 0 Å².